The van der Waals surface area contributed by atoms with Crippen LogP contribution in [0, 0.1) is 0 Å². The van der Waals surface area contributed by atoms with Crippen LogP contribution in [-0.2, 0) is 6.61 Å². The van der Waals surface area contributed by atoms with E-state index in [1.54, 1.807) is 0 Å². The minimum absolute atomic E-state index is 0.110. The van der Waals surface area contributed by atoms with Crippen LogP contribution in [0.25, 0.3) is 11.5 Å². The Hall–Kier alpha value is -2.41. The average molecular weight is 385 g/mol. The number of para-hydroxylation sites is 1. The zero-order valence-electron chi connectivity index (χ0n) is 15.1. The van der Waals surface area contributed by atoms with Crippen LogP contribution in [0.1, 0.15) is 17.4 Å². The van der Waals surface area contributed by atoms with Crippen molar-refractivity contribution in [2.45, 2.75) is 12.6 Å². The molecule has 2 aromatic carbocycles. The summed E-state index contributed by atoms with van der Waals surface area (Å²) in [6.07, 6.45) is 0. The van der Waals surface area contributed by atoms with Gasteiger partial charge in [-0.15, -0.1) is 0 Å². The van der Waals surface area contributed by atoms with Gasteiger partial charge in [-0.1, -0.05) is 41.0 Å². The zero-order chi connectivity index (χ0) is 18.6. The third-order valence-electron chi connectivity index (χ3n) is 4.68. The Bertz CT molecular complexity index is 897. The molecule has 1 saturated heterocycles. The van der Waals surface area contributed by atoms with Crippen molar-refractivity contribution in [1.29, 1.82) is 0 Å². The number of hydrogen-bond donors (Lipinski definition) is 1. The Morgan fingerprint density at radius 2 is 2.04 bits per heavy atom. The minimum atomic E-state index is 0.110. The number of hydrogen-bond acceptors (Lipinski definition) is 6. The highest BCUT2D eigenvalue weighted by atomic mass is 35.5. The van der Waals surface area contributed by atoms with E-state index in [2.05, 4.69) is 27.4 Å². The Morgan fingerprint density at radius 1 is 1.22 bits per heavy atom. The second kappa shape index (κ2) is 8.08. The molecule has 1 aliphatic rings. The van der Waals surface area contributed by atoms with E-state index in [9.17, 15) is 0 Å². The largest absolute Gasteiger partial charge is 0.488 e. The summed E-state index contributed by atoms with van der Waals surface area (Å²) in [5, 5.41) is 8.27. The van der Waals surface area contributed by atoms with Gasteiger partial charge in [-0.25, -0.2) is 0 Å². The van der Waals surface area contributed by atoms with E-state index in [0.717, 1.165) is 30.8 Å². The van der Waals surface area contributed by atoms with E-state index in [1.807, 2.05) is 48.5 Å². The Labute approximate surface area is 163 Å². The molecule has 3 aromatic rings. The van der Waals surface area contributed by atoms with Gasteiger partial charge in [0.2, 0.25) is 0 Å². The monoisotopic (exact) mass is 384 g/mol. The molecule has 1 N–H and O–H groups in total. The van der Waals surface area contributed by atoms with Crippen LogP contribution in [0.15, 0.2) is 53.1 Å². The lowest BCUT2D eigenvalue weighted by Crippen LogP contribution is -2.44. The number of ether oxygens (including phenoxy) is 1. The standard InChI is InChI=1S/C20H21ClN4O2/c1-25-11-10-22-12-17(25)19-23-20(27-24-19)16-4-2-3-5-18(16)26-13-14-6-8-15(21)9-7-14/h2-9,17,22H,10-13H2,1H3. The molecule has 140 valence electrons. The van der Waals surface area contributed by atoms with E-state index >= 15 is 0 Å². The molecule has 1 aliphatic heterocycles. The van der Waals surface area contributed by atoms with Crippen LogP contribution in [0.5, 0.6) is 5.75 Å². The fourth-order valence-corrected chi connectivity index (χ4v) is 3.21. The molecule has 0 radical (unpaired) electrons. The first-order valence-corrected chi connectivity index (χ1v) is 9.30. The van der Waals surface area contributed by atoms with Gasteiger partial charge in [0.25, 0.3) is 5.89 Å². The number of likely N-dealkylation sites (N-methyl/N-ethyl adjacent to an activating group) is 1. The average Bonchev–Trinajstić information content (AvgIpc) is 3.18. The summed E-state index contributed by atoms with van der Waals surface area (Å²) in [6, 6.07) is 15.4. The summed E-state index contributed by atoms with van der Waals surface area (Å²) < 4.78 is 11.5. The molecule has 0 aliphatic carbocycles. The number of aromatic nitrogens is 2. The van der Waals surface area contributed by atoms with Crippen LogP contribution < -0.4 is 10.1 Å². The van der Waals surface area contributed by atoms with E-state index in [0.29, 0.717) is 29.1 Å². The maximum atomic E-state index is 6.00. The van der Waals surface area contributed by atoms with Crippen molar-refractivity contribution >= 4 is 11.6 Å². The molecule has 1 aromatic heterocycles. The summed E-state index contributed by atoms with van der Waals surface area (Å²) in [5.74, 6) is 1.86. The molecule has 2 heterocycles. The Balaban J connectivity index is 1.53. The van der Waals surface area contributed by atoms with Crippen molar-refractivity contribution in [3.63, 3.8) is 0 Å². The molecule has 6 nitrogen and oxygen atoms in total. The van der Waals surface area contributed by atoms with E-state index < -0.39 is 0 Å². The fourth-order valence-electron chi connectivity index (χ4n) is 3.08. The summed E-state index contributed by atoms with van der Waals surface area (Å²) >= 11 is 5.93. The van der Waals surface area contributed by atoms with Crippen molar-refractivity contribution in [2.75, 3.05) is 26.7 Å². The zero-order valence-corrected chi connectivity index (χ0v) is 15.8. The molecule has 7 heteroatoms. The Kier molecular flexibility index (Phi) is 5.38. The first-order chi connectivity index (χ1) is 13.2. The smallest absolute Gasteiger partial charge is 0.261 e. The van der Waals surface area contributed by atoms with Crippen molar-refractivity contribution in [1.82, 2.24) is 20.4 Å². The molecular formula is C20H21ClN4O2. The lowest BCUT2D eigenvalue weighted by atomic mass is 10.2. The number of halogens is 1. The highest BCUT2D eigenvalue weighted by molar-refractivity contribution is 6.30. The van der Waals surface area contributed by atoms with Gasteiger partial charge in [0.1, 0.15) is 12.4 Å². The molecule has 4 rings (SSSR count). The summed E-state index contributed by atoms with van der Waals surface area (Å²) in [4.78, 5) is 6.86. The normalized spacial score (nSPS) is 17.8. The molecule has 27 heavy (non-hydrogen) atoms. The van der Waals surface area contributed by atoms with Crippen LogP contribution >= 0.6 is 11.6 Å². The highest BCUT2D eigenvalue weighted by Crippen LogP contribution is 2.30. The third kappa shape index (κ3) is 4.13. The first kappa shape index (κ1) is 18.0. The van der Waals surface area contributed by atoms with Gasteiger partial charge in [0.05, 0.1) is 11.6 Å². The van der Waals surface area contributed by atoms with Crippen LogP contribution in [0.3, 0.4) is 0 Å². The number of benzene rings is 2. The Morgan fingerprint density at radius 3 is 2.85 bits per heavy atom. The number of rotatable bonds is 5. The molecule has 1 unspecified atom stereocenters. The van der Waals surface area contributed by atoms with Gasteiger partial charge in [-0.2, -0.15) is 4.98 Å². The first-order valence-electron chi connectivity index (χ1n) is 8.92. The molecule has 0 amide bonds. The lowest BCUT2D eigenvalue weighted by Gasteiger charge is -2.30. The quantitative estimate of drug-likeness (QED) is 0.725. The summed E-state index contributed by atoms with van der Waals surface area (Å²) in [6.45, 7) is 3.17. The predicted molar refractivity (Wildman–Crippen MR) is 104 cm³/mol. The van der Waals surface area contributed by atoms with Gasteiger partial charge in [0.15, 0.2) is 5.82 Å². The third-order valence-corrected chi connectivity index (χ3v) is 4.93. The van der Waals surface area contributed by atoms with E-state index in [4.69, 9.17) is 20.9 Å². The molecular weight excluding hydrogens is 364 g/mol. The van der Waals surface area contributed by atoms with Crippen molar-refractivity contribution in [3.05, 3.63) is 64.9 Å². The second-order valence-corrected chi connectivity index (χ2v) is 7.01. The van der Waals surface area contributed by atoms with Crippen molar-refractivity contribution < 1.29 is 9.26 Å². The predicted octanol–water partition coefficient (Wildman–Crippen LogP) is 3.55. The van der Waals surface area contributed by atoms with E-state index in [-0.39, 0.29) is 6.04 Å². The van der Waals surface area contributed by atoms with Gasteiger partial charge in [0, 0.05) is 24.7 Å². The SMILES string of the molecule is CN1CCNCC1c1noc(-c2ccccc2OCc2ccc(Cl)cc2)n1. The molecule has 1 atom stereocenters. The van der Waals surface area contributed by atoms with Gasteiger partial charge >= 0.3 is 0 Å². The number of nitrogens with zero attached hydrogens (tertiary/aromatic N) is 3. The van der Waals surface area contributed by atoms with Crippen LogP contribution in [0.2, 0.25) is 5.02 Å². The van der Waals surface area contributed by atoms with Gasteiger partial charge in [-0.3, -0.25) is 4.90 Å². The number of piperazine rings is 1. The van der Waals surface area contributed by atoms with Gasteiger partial charge in [-0.05, 0) is 36.9 Å². The van der Waals surface area contributed by atoms with Crippen LogP contribution in [-0.4, -0.2) is 41.7 Å². The molecule has 0 saturated carbocycles. The highest BCUT2D eigenvalue weighted by Gasteiger charge is 2.26. The van der Waals surface area contributed by atoms with Crippen LogP contribution in [0.4, 0.5) is 0 Å². The second-order valence-electron chi connectivity index (χ2n) is 6.57. The summed E-state index contributed by atoms with van der Waals surface area (Å²) in [7, 11) is 2.07. The fraction of sp³-hybridized carbons (Fsp3) is 0.300. The van der Waals surface area contributed by atoms with E-state index in [1.165, 1.54) is 0 Å². The summed E-state index contributed by atoms with van der Waals surface area (Å²) in [5.41, 5.74) is 1.83. The van der Waals surface area contributed by atoms with Crippen molar-refractivity contribution in [3.8, 4) is 17.2 Å². The maximum Gasteiger partial charge on any atom is 0.261 e. The lowest BCUT2D eigenvalue weighted by molar-refractivity contribution is 0.190. The minimum Gasteiger partial charge on any atom is -0.488 e. The topological polar surface area (TPSA) is 63.4 Å². The molecule has 0 bridgehead atoms. The van der Waals surface area contributed by atoms with Gasteiger partial charge < -0.3 is 14.6 Å². The molecule has 1 fully saturated rings. The molecule has 0 spiro atoms. The number of nitrogens with one attached hydrogen (secondary N) is 1. The van der Waals surface area contributed by atoms with Crippen molar-refractivity contribution in [2.24, 2.45) is 0 Å². The maximum absolute atomic E-state index is 6.00.